The number of hydrogen-bond donors (Lipinski definition) is 1. The number of rotatable bonds is 3. The van der Waals surface area contributed by atoms with Crippen molar-refractivity contribution in [3.8, 4) is 0 Å². The van der Waals surface area contributed by atoms with Crippen molar-refractivity contribution in [2.75, 3.05) is 32.7 Å². The van der Waals surface area contributed by atoms with E-state index in [9.17, 15) is 0 Å². The molecule has 19 heavy (non-hydrogen) atoms. The SMILES string of the molecule is CC(C)(CN1Cc2ccccc2C1)N1CCNCC1. The summed E-state index contributed by atoms with van der Waals surface area (Å²) in [6.45, 7) is 12.8. The summed E-state index contributed by atoms with van der Waals surface area (Å²) in [7, 11) is 0. The van der Waals surface area contributed by atoms with Gasteiger partial charge in [-0.05, 0) is 25.0 Å². The van der Waals surface area contributed by atoms with Gasteiger partial charge in [0.2, 0.25) is 0 Å². The topological polar surface area (TPSA) is 18.5 Å². The van der Waals surface area contributed by atoms with E-state index in [2.05, 4.69) is 53.2 Å². The lowest BCUT2D eigenvalue weighted by atomic mass is 10.0. The zero-order valence-corrected chi connectivity index (χ0v) is 12.2. The van der Waals surface area contributed by atoms with Gasteiger partial charge in [-0.1, -0.05) is 24.3 Å². The van der Waals surface area contributed by atoms with Crippen molar-refractivity contribution in [1.82, 2.24) is 15.1 Å². The third-order valence-corrected chi connectivity index (χ3v) is 4.49. The van der Waals surface area contributed by atoms with E-state index in [0.717, 1.165) is 32.7 Å². The predicted molar refractivity (Wildman–Crippen MR) is 79.1 cm³/mol. The molecule has 0 bridgehead atoms. The van der Waals surface area contributed by atoms with Crippen LogP contribution in [0.5, 0.6) is 0 Å². The summed E-state index contributed by atoms with van der Waals surface area (Å²) in [4.78, 5) is 5.22. The molecule has 1 N–H and O–H groups in total. The molecule has 0 spiro atoms. The van der Waals surface area contributed by atoms with Crippen LogP contribution in [0, 0.1) is 0 Å². The van der Waals surface area contributed by atoms with Crippen LogP contribution in [0.25, 0.3) is 0 Å². The normalized spacial score (nSPS) is 21.6. The standard InChI is InChI=1S/C16H25N3/c1-16(2,19-9-7-17-8-10-19)13-18-11-14-5-3-4-6-15(14)12-18/h3-6,17H,7-13H2,1-2H3. The van der Waals surface area contributed by atoms with E-state index in [1.54, 1.807) is 0 Å². The fraction of sp³-hybridized carbons (Fsp3) is 0.625. The summed E-state index contributed by atoms with van der Waals surface area (Å²) < 4.78 is 0. The molecule has 0 aromatic heterocycles. The Hall–Kier alpha value is -0.900. The van der Waals surface area contributed by atoms with E-state index in [1.807, 2.05) is 0 Å². The number of nitrogens with zero attached hydrogens (tertiary/aromatic N) is 2. The molecule has 3 rings (SSSR count). The van der Waals surface area contributed by atoms with Gasteiger partial charge in [0.05, 0.1) is 0 Å². The van der Waals surface area contributed by atoms with Gasteiger partial charge >= 0.3 is 0 Å². The van der Waals surface area contributed by atoms with Gasteiger partial charge in [0.25, 0.3) is 0 Å². The third kappa shape index (κ3) is 2.83. The van der Waals surface area contributed by atoms with Crippen molar-refractivity contribution in [2.24, 2.45) is 0 Å². The highest BCUT2D eigenvalue weighted by Crippen LogP contribution is 2.26. The van der Waals surface area contributed by atoms with Gasteiger partial charge in [-0.3, -0.25) is 9.80 Å². The fourth-order valence-corrected chi connectivity index (χ4v) is 3.43. The van der Waals surface area contributed by atoms with Crippen molar-refractivity contribution in [3.05, 3.63) is 35.4 Å². The number of nitrogens with one attached hydrogen (secondary N) is 1. The van der Waals surface area contributed by atoms with Crippen LogP contribution in [0.1, 0.15) is 25.0 Å². The quantitative estimate of drug-likeness (QED) is 0.891. The highest BCUT2D eigenvalue weighted by atomic mass is 15.3. The first-order valence-corrected chi connectivity index (χ1v) is 7.40. The zero-order valence-electron chi connectivity index (χ0n) is 12.2. The van der Waals surface area contributed by atoms with E-state index in [0.29, 0.717) is 0 Å². The first kappa shape index (κ1) is 13.1. The molecule has 3 nitrogen and oxygen atoms in total. The smallest absolute Gasteiger partial charge is 0.0281 e. The van der Waals surface area contributed by atoms with Crippen LogP contribution < -0.4 is 5.32 Å². The van der Waals surface area contributed by atoms with Gasteiger partial charge < -0.3 is 5.32 Å². The van der Waals surface area contributed by atoms with Gasteiger partial charge in [-0.15, -0.1) is 0 Å². The molecule has 2 aliphatic heterocycles. The monoisotopic (exact) mass is 259 g/mol. The second-order valence-electron chi connectivity index (χ2n) is 6.46. The van der Waals surface area contributed by atoms with Crippen LogP contribution >= 0.6 is 0 Å². The molecule has 0 radical (unpaired) electrons. The lowest BCUT2D eigenvalue weighted by Gasteiger charge is -2.43. The van der Waals surface area contributed by atoms with Crippen LogP contribution in [-0.2, 0) is 13.1 Å². The van der Waals surface area contributed by atoms with E-state index in [-0.39, 0.29) is 5.54 Å². The fourth-order valence-electron chi connectivity index (χ4n) is 3.43. The predicted octanol–water partition coefficient (Wildman–Crippen LogP) is 1.69. The minimum absolute atomic E-state index is 0.268. The highest BCUT2D eigenvalue weighted by Gasteiger charge is 2.31. The number of piperazine rings is 1. The second kappa shape index (κ2) is 5.23. The maximum Gasteiger partial charge on any atom is 0.0281 e. The Balaban J connectivity index is 1.63. The van der Waals surface area contributed by atoms with Crippen molar-refractivity contribution in [1.29, 1.82) is 0 Å². The van der Waals surface area contributed by atoms with E-state index in [4.69, 9.17) is 0 Å². The maximum absolute atomic E-state index is 3.44. The van der Waals surface area contributed by atoms with Gasteiger partial charge in [-0.2, -0.15) is 0 Å². The minimum Gasteiger partial charge on any atom is -0.314 e. The lowest BCUT2D eigenvalue weighted by molar-refractivity contribution is 0.0621. The summed E-state index contributed by atoms with van der Waals surface area (Å²) in [5.74, 6) is 0. The molecular formula is C16H25N3. The number of fused-ring (bicyclic) bond motifs is 1. The van der Waals surface area contributed by atoms with E-state index < -0.39 is 0 Å². The zero-order chi connectivity index (χ0) is 13.3. The number of benzene rings is 1. The molecule has 1 saturated heterocycles. The molecule has 1 aromatic carbocycles. The molecule has 1 aromatic rings. The Kier molecular flexibility index (Phi) is 3.61. The van der Waals surface area contributed by atoms with Gasteiger partial charge in [0.1, 0.15) is 0 Å². The summed E-state index contributed by atoms with van der Waals surface area (Å²) in [5, 5.41) is 3.44. The molecule has 3 heteroatoms. The summed E-state index contributed by atoms with van der Waals surface area (Å²) in [6, 6.07) is 8.86. The molecule has 0 saturated carbocycles. The molecule has 2 heterocycles. The van der Waals surface area contributed by atoms with Crippen LogP contribution in [-0.4, -0.2) is 48.1 Å². The molecule has 0 unspecified atom stereocenters. The van der Waals surface area contributed by atoms with E-state index >= 15 is 0 Å². The molecule has 1 fully saturated rings. The largest absolute Gasteiger partial charge is 0.314 e. The minimum atomic E-state index is 0.268. The summed E-state index contributed by atoms with van der Waals surface area (Å²) in [6.07, 6.45) is 0. The van der Waals surface area contributed by atoms with Crippen molar-refractivity contribution in [3.63, 3.8) is 0 Å². The average Bonchev–Trinajstić information content (AvgIpc) is 2.81. The van der Waals surface area contributed by atoms with Crippen molar-refractivity contribution < 1.29 is 0 Å². The molecule has 0 amide bonds. The Bertz CT molecular complexity index is 410. The molecular weight excluding hydrogens is 234 g/mol. The van der Waals surface area contributed by atoms with Crippen LogP contribution in [0.3, 0.4) is 0 Å². The maximum atomic E-state index is 3.44. The van der Waals surface area contributed by atoms with E-state index in [1.165, 1.54) is 24.2 Å². The second-order valence-corrected chi connectivity index (χ2v) is 6.46. The molecule has 2 aliphatic rings. The Morgan fingerprint density at radius 2 is 1.63 bits per heavy atom. The Morgan fingerprint density at radius 1 is 1.05 bits per heavy atom. The Morgan fingerprint density at radius 3 is 2.21 bits per heavy atom. The first-order valence-electron chi connectivity index (χ1n) is 7.40. The van der Waals surface area contributed by atoms with Crippen molar-refractivity contribution >= 4 is 0 Å². The van der Waals surface area contributed by atoms with Crippen molar-refractivity contribution in [2.45, 2.75) is 32.5 Å². The van der Waals surface area contributed by atoms with Crippen LogP contribution in [0.15, 0.2) is 24.3 Å². The lowest BCUT2D eigenvalue weighted by Crippen LogP contribution is -2.57. The van der Waals surface area contributed by atoms with Gasteiger partial charge in [-0.25, -0.2) is 0 Å². The summed E-state index contributed by atoms with van der Waals surface area (Å²) >= 11 is 0. The van der Waals surface area contributed by atoms with Crippen LogP contribution in [0.2, 0.25) is 0 Å². The first-order chi connectivity index (χ1) is 9.15. The number of hydrogen-bond acceptors (Lipinski definition) is 3. The Labute approximate surface area is 116 Å². The average molecular weight is 259 g/mol. The summed E-state index contributed by atoms with van der Waals surface area (Å²) in [5.41, 5.74) is 3.29. The third-order valence-electron chi connectivity index (χ3n) is 4.49. The molecule has 0 aliphatic carbocycles. The van der Waals surface area contributed by atoms with Gasteiger partial charge in [0, 0.05) is 51.4 Å². The van der Waals surface area contributed by atoms with Gasteiger partial charge in [0.15, 0.2) is 0 Å². The van der Waals surface area contributed by atoms with Crippen LogP contribution in [0.4, 0.5) is 0 Å². The highest BCUT2D eigenvalue weighted by molar-refractivity contribution is 5.30. The molecule has 0 atom stereocenters. The molecule has 104 valence electrons.